The minimum absolute atomic E-state index is 0.202. The van der Waals surface area contributed by atoms with Gasteiger partial charge in [0.2, 0.25) is 0 Å². The molecule has 0 amide bonds. The number of nitrogens with zero attached hydrogens (tertiary/aromatic N) is 2. The number of imidazole rings is 1. The van der Waals surface area contributed by atoms with E-state index in [4.69, 9.17) is 0 Å². The van der Waals surface area contributed by atoms with Crippen LogP contribution < -0.4 is 0 Å². The Morgan fingerprint density at radius 1 is 1.53 bits per heavy atom. The highest BCUT2D eigenvalue weighted by atomic mass is 16.1. The lowest BCUT2D eigenvalue weighted by Crippen LogP contribution is -2.12. The van der Waals surface area contributed by atoms with Gasteiger partial charge >= 0.3 is 0 Å². The molecule has 2 heterocycles. The van der Waals surface area contributed by atoms with Gasteiger partial charge in [-0.2, -0.15) is 0 Å². The molecule has 0 spiro atoms. The van der Waals surface area contributed by atoms with E-state index in [0.29, 0.717) is 12.3 Å². The van der Waals surface area contributed by atoms with Gasteiger partial charge in [-0.25, -0.2) is 4.98 Å². The molecule has 3 rings (SSSR count). The molecule has 0 N–H and O–H groups in total. The molecule has 0 atom stereocenters. The topological polar surface area (TPSA) is 34.4 Å². The quantitative estimate of drug-likeness (QED) is 0.809. The normalized spacial score (nSPS) is 16.1. The highest BCUT2D eigenvalue weighted by molar-refractivity contribution is 5.78. The van der Waals surface area contributed by atoms with Crippen molar-refractivity contribution in [3.63, 3.8) is 0 Å². The minimum atomic E-state index is 0.202. The van der Waals surface area contributed by atoms with Gasteiger partial charge < -0.3 is 4.40 Å². The van der Waals surface area contributed by atoms with Gasteiger partial charge in [-0.1, -0.05) is 6.42 Å². The second kappa shape index (κ2) is 3.99. The summed E-state index contributed by atoms with van der Waals surface area (Å²) in [7, 11) is 0. The van der Waals surface area contributed by atoms with Gasteiger partial charge in [0.05, 0.1) is 11.7 Å². The summed E-state index contributed by atoms with van der Waals surface area (Å²) in [5, 5.41) is 0. The van der Waals surface area contributed by atoms with Gasteiger partial charge in [-0.05, 0) is 37.5 Å². The van der Waals surface area contributed by atoms with Crippen LogP contribution in [0.2, 0.25) is 0 Å². The van der Waals surface area contributed by atoms with Crippen molar-refractivity contribution in [1.82, 2.24) is 9.38 Å². The second-order valence-corrected chi connectivity index (χ2v) is 4.95. The van der Waals surface area contributed by atoms with Crippen molar-refractivity contribution in [3.8, 4) is 0 Å². The maximum Gasteiger partial charge on any atom is 0.134 e. The molecule has 17 heavy (non-hydrogen) atoms. The number of ketones is 1. The molecule has 0 bridgehead atoms. The fraction of sp³-hybridized carbons (Fsp3) is 0.429. The average molecular weight is 228 g/mol. The Balaban J connectivity index is 1.98. The summed E-state index contributed by atoms with van der Waals surface area (Å²) in [6.45, 7) is 1.63. The van der Waals surface area contributed by atoms with Crippen LogP contribution in [0.1, 0.15) is 43.5 Å². The number of Topliss-reactive ketones (excluding diaryl/α,β-unsaturated/α-hetero) is 1. The summed E-state index contributed by atoms with van der Waals surface area (Å²) >= 11 is 0. The number of pyridine rings is 1. The maximum absolute atomic E-state index is 11.1. The van der Waals surface area contributed by atoms with E-state index < -0.39 is 0 Å². The van der Waals surface area contributed by atoms with E-state index in [0.717, 1.165) is 11.1 Å². The summed E-state index contributed by atoms with van der Waals surface area (Å²) < 4.78 is 2.16. The number of rotatable bonds is 3. The van der Waals surface area contributed by atoms with Crippen LogP contribution in [-0.2, 0) is 11.2 Å². The van der Waals surface area contributed by atoms with Crippen molar-refractivity contribution in [2.24, 2.45) is 0 Å². The Bertz CT molecular complexity index is 567. The molecule has 1 aliphatic carbocycles. The Labute approximate surface area is 100 Å². The van der Waals surface area contributed by atoms with E-state index in [9.17, 15) is 4.79 Å². The van der Waals surface area contributed by atoms with Gasteiger partial charge in [0.25, 0.3) is 0 Å². The third-order valence-electron chi connectivity index (χ3n) is 3.55. The SMILES string of the molecule is CC(=O)Cc1ccn2c(C3CCC3)ncc2c1. The highest BCUT2D eigenvalue weighted by Crippen LogP contribution is 2.35. The van der Waals surface area contributed by atoms with E-state index in [-0.39, 0.29) is 5.78 Å². The van der Waals surface area contributed by atoms with Crippen molar-refractivity contribution in [2.45, 2.75) is 38.5 Å². The van der Waals surface area contributed by atoms with Crippen LogP contribution in [0.3, 0.4) is 0 Å². The minimum Gasteiger partial charge on any atom is -0.304 e. The molecule has 0 radical (unpaired) electrons. The summed E-state index contributed by atoms with van der Waals surface area (Å²) in [6, 6.07) is 4.09. The average Bonchev–Trinajstić information content (AvgIpc) is 2.58. The van der Waals surface area contributed by atoms with Crippen molar-refractivity contribution in [1.29, 1.82) is 0 Å². The Morgan fingerprint density at radius 3 is 3.00 bits per heavy atom. The first kappa shape index (κ1) is 10.5. The van der Waals surface area contributed by atoms with Gasteiger partial charge in [0.1, 0.15) is 11.6 Å². The molecule has 3 nitrogen and oxygen atoms in total. The third-order valence-corrected chi connectivity index (χ3v) is 3.55. The van der Waals surface area contributed by atoms with Crippen LogP contribution in [0.5, 0.6) is 0 Å². The molecular weight excluding hydrogens is 212 g/mol. The van der Waals surface area contributed by atoms with E-state index in [1.165, 1.54) is 25.1 Å². The Kier molecular flexibility index (Phi) is 2.46. The van der Waals surface area contributed by atoms with Crippen LogP contribution in [0.4, 0.5) is 0 Å². The predicted molar refractivity (Wildman–Crippen MR) is 66.2 cm³/mol. The molecule has 1 fully saturated rings. The van der Waals surface area contributed by atoms with Crippen molar-refractivity contribution < 1.29 is 4.79 Å². The molecular formula is C14H16N2O. The monoisotopic (exact) mass is 228 g/mol. The molecule has 0 aliphatic heterocycles. The molecule has 0 saturated heterocycles. The molecule has 0 aromatic carbocycles. The number of fused-ring (bicyclic) bond motifs is 1. The highest BCUT2D eigenvalue weighted by Gasteiger charge is 2.23. The molecule has 1 saturated carbocycles. The molecule has 3 heteroatoms. The van der Waals surface area contributed by atoms with Crippen molar-refractivity contribution in [3.05, 3.63) is 35.9 Å². The molecule has 2 aromatic rings. The largest absolute Gasteiger partial charge is 0.304 e. The molecule has 0 unspecified atom stereocenters. The van der Waals surface area contributed by atoms with Gasteiger partial charge in [0.15, 0.2) is 0 Å². The smallest absolute Gasteiger partial charge is 0.134 e. The summed E-state index contributed by atoms with van der Waals surface area (Å²) in [5.74, 6) is 2.02. The second-order valence-electron chi connectivity index (χ2n) is 4.95. The van der Waals surface area contributed by atoms with Crippen LogP contribution in [-0.4, -0.2) is 15.2 Å². The fourth-order valence-electron chi connectivity index (χ4n) is 2.43. The van der Waals surface area contributed by atoms with Crippen LogP contribution in [0.25, 0.3) is 5.52 Å². The molecule has 2 aromatic heterocycles. The van der Waals surface area contributed by atoms with Crippen molar-refractivity contribution >= 4 is 11.3 Å². The van der Waals surface area contributed by atoms with E-state index >= 15 is 0 Å². The lowest BCUT2D eigenvalue weighted by atomic mass is 9.85. The number of carbonyl (C=O) groups is 1. The van der Waals surface area contributed by atoms with Gasteiger partial charge in [0, 0.05) is 18.5 Å². The standard InChI is InChI=1S/C14H16N2O/c1-10(17)7-11-5-6-16-13(8-11)9-15-14(16)12-3-2-4-12/h5-6,8-9,12H,2-4,7H2,1H3. The Hall–Kier alpha value is -1.64. The first-order valence-electron chi connectivity index (χ1n) is 6.19. The number of hydrogen-bond acceptors (Lipinski definition) is 2. The number of aromatic nitrogens is 2. The molecule has 88 valence electrons. The zero-order chi connectivity index (χ0) is 11.8. The number of hydrogen-bond donors (Lipinski definition) is 0. The third kappa shape index (κ3) is 1.86. The van der Waals surface area contributed by atoms with Crippen LogP contribution >= 0.6 is 0 Å². The zero-order valence-electron chi connectivity index (χ0n) is 10.0. The Morgan fingerprint density at radius 2 is 2.35 bits per heavy atom. The zero-order valence-corrected chi connectivity index (χ0v) is 10.0. The fourth-order valence-corrected chi connectivity index (χ4v) is 2.43. The van der Waals surface area contributed by atoms with Crippen LogP contribution in [0.15, 0.2) is 24.5 Å². The first-order valence-corrected chi connectivity index (χ1v) is 6.19. The van der Waals surface area contributed by atoms with E-state index in [1.807, 2.05) is 18.5 Å². The maximum atomic E-state index is 11.1. The van der Waals surface area contributed by atoms with Gasteiger partial charge in [-0.15, -0.1) is 0 Å². The predicted octanol–water partition coefficient (Wildman–Crippen LogP) is 2.73. The number of carbonyl (C=O) groups excluding carboxylic acids is 1. The lowest BCUT2D eigenvalue weighted by Gasteiger charge is -2.24. The van der Waals surface area contributed by atoms with E-state index in [2.05, 4.69) is 15.5 Å². The molecule has 1 aliphatic rings. The van der Waals surface area contributed by atoms with Crippen molar-refractivity contribution in [2.75, 3.05) is 0 Å². The van der Waals surface area contributed by atoms with Crippen LogP contribution in [0, 0.1) is 0 Å². The summed E-state index contributed by atoms with van der Waals surface area (Å²) in [4.78, 5) is 15.6. The summed E-state index contributed by atoms with van der Waals surface area (Å²) in [5.41, 5.74) is 2.18. The lowest BCUT2D eigenvalue weighted by molar-refractivity contribution is -0.116. The van der Waals surface area contributed by atoms with E-state index in [1.54, 1.807) is 6.92 Å². The van der Waals surface area contributed by atoms with Gasteiger partial charge in [-0.3, -0.25) is 4.79 Å². The first-order chi connectivity index (χ1) is 8.24. The summed E-state index contributed by atoms with van der Waals surface area (Å²) in [6.07, 6.45) is 8.32.